The highest BCUT2D eigenvalue weighted by Crippen LogP contribution is 2.32. The fraction of sp³-hybridized carbons (Fsp3) is 0.579. The monoisotopic (exact) mass is 350 g/mol. The van der Waals surface area contributed by atoms with E-state index in [4.69, 9.17) is 4.74 Å². The molecule has 1 aromatic carbocycles. The summed E-state index contributed by atoms with van der Waals surface area (Å²) < 4.78 is 19.0. The van der Waals surface area contributed by atoms with Gasteiger partial charge in [-0.15, -0.1) is 0 Å². The summed E-state index contributed by atoms with van der Waals surface area (Å²) in [7, 11) is 0. The molecule has 0 atom stereocenters. The Bertz CT molecular complexity index is 632. The van der Waals surface area contributed by atoms with Crippen LogP contribution >= 0.6 is 0 Å². The van der Waals surface area contributed by atoms with Gasteiger partial charge < -0.3 is 15.0 Å². The van der Waals surface area contributed by atoms with Crippen LogP contribution in [0.1, 0.15) is 46.1 Å². The van der Waals surface area contributed by atoms with Crippen molar-refractivity contribution in [2.24, 2.45) is 5.41 Å². The van der Waals surface area contributed by atoms with Crippen LogP contribution in [0.15, 0.2) is 24.3 Å². The SMILES string of the molecule is CC(C)(C)OC(=O)N1CCC(C)(C(=O)NCc2ccccc2F)CC1. The Morgan fingerprint density at radius 3 is 2.40 bits per heavy atom. The van der Waals surface area contributed by atoms with Crippen LogP contribution in [-0.2, 0) is 16.1 Å². The number of rotatable bonds is 3. The normalized spacial score (nSPS) is 17.1. The molecule has 1 heterocycles. The van der Waals surface area contributed by atoms with Gasteiger partial charge in [-0.3, -0.25) is 4.79 Å². The largest absolute Gasteiger partial charge is 0.444 e. The van der Waals surface area contributed by atoms with Crippen LogP contribution in [0.25, 0.3) is 0 Å². The van der Waals surface area contributed by atoms with Crippen molar-refractivity contribution < 1.29 is 18.7 Å². The Kier molecular flexibility index (Phi) is 5.70. The Hall–Kier alpha value is -2.11. The number of hydrogen-bond acceptors (Lipinski definition) is 3. The first kappa shape index (κ1) is 19.2. The maximum atomic E-state index is 13.6. The topological polar surface area (TPSA) is 58.6 Å². The van der Waals surface area contributed by atoms with E-state index in [-0.39, 0.29) is 24.4 Å². The number of carbonyl (C=O) groups excluding carboxylic acids is 2. The molecule has 0 spiro atoms. The van der Waals surface area contributed by atoms with Crippen molar-refractivity contribution in [2.75, 3.05) is 13.1 Å². The number of nitrogens with one attached hydrogen (secondary N) is 1. The minimum atomic E-state index is -0.566. The van der Waals surface area contributed by atoms with Gasteiger partial charge in [-0.2, -0.15) is 0 Å². The van der Waals surface area contributed by atoms with Crippen LogP contribution in [0.3, 0.4) is 0 Å². The van der Waals surface area contributed by atoms with Gasteiger partial charge in [-0.1, -0.05) is 25.1 Å². The van der Waals surface area contributed by atoms with Crippen molar-refractivity contribution in [2.45, 2.75) is 52.7 Å². The molecule has 0 aliphatic carbocycles. The van der Waals surface area contributed by atoms with Crippen molar-refractivity contribution in [3.05, 3.63) is 35.6 Å². The molecule has 2 rings (SSSR count). The maximum Gasteiger partial charge on any atom is 0.410 e. The van der Waals surface area contributed by atoms with Gasteiger partial charge in [-0.25, -0.2) is 9.18 Å². The van der Waals surface area contributed by atoms with E-state index in [1.54, 1.807) is 23.1 Å². The number of ether oxygens (including phenoxy) is 1. The lowest BCUT2D eigenvalue weighted by atomic mass is 9.79. The van der Waals surface area contributed by atoms with E-state index in [1.807, 2.05) is 27.7 Å². The lowest BCUT2D eigenvalue weighted by Gasteiger charge is -2.38. The molecule has 25 heavy (non-hydrogen) atoms. The number of piperidine rings is 1. The molecule has 0 bridgehead atoms. The van der Waals surface area contributed by atoms with Gasteiger partial charge in [0.15, 0.2) is 0 Å². The summed E-state index contributed by atoms with van der Waals surface area (Å²) in [5.41, 5.74) is -0.635. The molecule has 1 fully saturated rings. The number of nitrogens with zero attached hydrogens (tertiary/aromatic N) is 1. The molecule has 6 heteroatoms. The summed E-state index contributed by atoms with van der Waals surface area (Å²) in [5.74, 6) is -0.438. The third-order valence-electron chi connectivity index (χ3n) is 4.46. The van der Waals surface area contributed by atoms with Crippen molar-refractivity contribution in [1.29, 1.82) is 0 Å². The molecule has 0 radical (unpaired) electrons. The highest BCUT2D eigenvalue weighted by molar-refractivity contribution is 5.82. The third-order valence-corrected chi connectivity index (χ3v) is 4.46. The van der Waals surface area contributed by atoms with Gasteiger partial charge in [0.05, 0.1) is 0 Å². The fourth-order valence-electron chi connectivity index (χ4n) is 2.77. The van der Waals surface area contributed by atoms with Crippen molar-refractivity contribution in [3.63, 3.8) is 0 Å². The summed E-state index contributed by atoms with van der Waals surface area (Å²) >= 11 is 0. The minimum Gasteiger partial charge on any atom is -0.444 e. The molecule has 1 aliphatic heterocycles. The van der Waals surface area contributed by atoms with E-state index in [2.05, 4.69) is 5.32 Å². The third kappa shape index (κ3) is 5.18. The first-order chi connectivity index (χ1) is 11.6. The Labute approximate surface area is 148 Å². The van der Waals surface area contributed by atoms with E-state index in [0.29, 0.717) is 31.5 Å². The summed E-state index contributed by atoms with van der Waals surface area (Å²) in [6.07, 6.45) is 0.756. The van der Waals surface area contributed by atoms with Crippen LogP contribution in [0.5, 0.6) is 0 Å². The van der Waals surface area contributed by atoms with Crippen molar-refractivity contribution >= 4 is 12.0 Å². The summed E-state index contributed by atoms with van der Waals surface area (Å²) in [6.45, 7) is 8.48. The predicted octanol–water partition coefficient (Wildman–Crippen LogP) is 3.48. The average Bonchev–Trinajstić information content (AvgIpc) is 2.52. The number of halogens is 1. The smallest absolute Gasteiger partial charge is 0.410 e. The van der Waals surface area contributed by atoms with Gasteiger partial charge in [0.1, 0.15) is 11.4 Å². The molecule has 1 N–H and O–H groups in total. The molecule has 5 nitrogen and oxygen atoms in total. The van der Waals surface area contributed by atoms with Crippen molar-refractivity contribution in [3.8, 4) is 0 Å². The number of amides is 2. The van der Waals surface area contributed by atoms with Gasteiger partial charge >= 0.3 is 6.09 Å². The van der Waals surface area contributed by atoms with Crippen molar-refractivity contribution in [1.82, 2.24) is 10.2 Å². The second-order valence-electron chi connectivity index (χ2n) is 7.80. The standard InChI is InChI=1S/C19H27FN2O3/c1-18(2,3)25-17(24)22-11-9-19(4,10-12-22)16(23)21-13-14-7-5-6-8-15(14)20/h5-8H,9-13H2,1-4H3,(H,21,23). The highest BCUT2D eigenvalue weighted by Gasteiger charge is 2.38. The lowest BCUT2D eigenvalue weighted by molar-refractivity contribution is -0.133. The minimum absolute atomic E-state index is 0.111. The summed E-state index contributed by atoms with van der Waals surface area (Å²) in [6, 6.07) is 6.39. The second kappa shape index (κ2) is 7.42. The molecule has 1 aromatic rings. The maximum absolute atomic E-state index is 13.6. The van der Waals surface area contributed by atoms with Crippen LogP contribution in [0.4, 0.5) is 9.18 Å². The second-order valence-corrected chi connectivity index (χ2v) is 7.80. The van der Waals surface area contributed by atoms with Crippen LogP contribution in [0, 0.1) is 11.2 Å². The van der Waals surface area contributed by atoms with Gasteiger partial charge in [-0.05, 0) is 39.7 Å². The molecule has 0 saturated carbocycles. The van der Waals surface area contributed by atoms with Crippen LogP contribution < -0.4 is 5.32 Å². The van der Waals surface area contributed by atoms with Crippen LogP contribution in [-0.4, -0.2) is 35.6 Å². The van der Waals surface area contributed by atoms with Gasteiger partial charge in [0, 0.05) is 30.6 Å². The number of likely N-dealkylation sites (tertiary alicyclic amines) is 1. The molecule has 138 valence electrons. The fourth-order valence-corrected chi connectivity index (χ4v) is 2.77. The zero-order valence-electron chi connectivity index (χ0n) is 15.4. The summed E-state index contributed by atoms with van der Waals surface area (Å²) in [4.78, 5) is 26.3. The number of hydrogen-bond donors (Lipinski definition) is 1. The van der Waals surface area contributed by atoms with E-state index in [0.717, 1.165) is 0 Å². The van der Waals surface area contributed by atoms with Crippen LogP contribution in [0.2, 0.25) is 0 Å². The van der Waals surface area contributed by atoms with E-state index in [9.17, 15) is 14.0 Å². The molecule has 0 aromatic heterocycles. The zero-order chi connectivity index (χ0) is 18.7. The molecule has 2 amide bonds. The Morgan fingerprint density at radius 1 is 1.24 bits per heavy atom. The number of carbonyl (C=O) groups is 2. The highest BCUT2D eigenvalue weighted by atomic mass is 19.1. The lowest BCUT2D eigenvalue weighted by Crippen LogP contribution is -2.49. The predicted molar refractivity (Wildman–Crippen MR) is 93.4 cm³/mol. The van der Waals surface area contributed by atoms with E-state index in [1.165, 1.54) is 6.07 Å². The molecular formula is C19H27FN2O3. The average molecular weight is 350 g/mol. The quantitative estimate of drug-likeness (QED) is 0.908. The van der Waals surface area contributed by atoms with E-state index < -0.39 is 11.0 Å². The molecule has 1 aliphatic rings. The number of benzene rings is 1. The first-order valence-corrected chi connectivity index (χ1v) is 8.60. The molecular weight excluding hydrogens is 323 g/mol. The Morgan fingerprint density at radius 2 is 1.84 bits per heavy atom. The van der Waals surface area contributed by atoms with Gasteiger partial charge in [0.2, 0.25) is 5.91 Å². The zero-order valence-corrected chi connectivity index (χ0v) is 15.4. The van der Waals surface area contributed by atoms with E-state index >= 15 is 0 Å². The van der Waals surface area contributed by atoms with Gasteiger partial charge in [0.25, 0.3) is 0 Å². The first-order valence-electron chi connectivity index (χ1n) is 8.60. The Balaban J connectivity index is 1.88. The summed E-state index contributed by atoms with van der Waals surface area (Å²) in [5, 5.41) is 2.82. The molecule has 0 unspecified atom stereocenters. The molecule has 1 saturated heterocycles.